The highest BCUT2D eigenvalue weighted by molar-refractivity contribution is 6.32. The third kappa shape index (κ3) is 4.45. The first-order valence-electron chi connectivity index (χ1n) is 9.49. The zero-order chi connectivity index (χ0) is 21.1. The van der Waals surface area contributed by atoms with Crippen molar-refractivity contribution in [3.8, 4) is 11.4 Å². The molecular formula is C22H23BFN3O2. The summed E-state index contributed by atoms with van der Waals surface area (Å²) in [6.07, 6.45) is 1.76. The van der Waals surface area contributed by atoms with E-state index in [4.69, 9.17) is 4.52 Å². The maximum Gasteiger partial charge on any atom is 0.255 e. The molecule has 0 aliphatic carbocycles. The Hall–Kier alpha value is -3.22. The van der Waals surface area contributed by atoms with Crippen LogP contribution in [0.4, 0.5) is 4.39 Å². The molecule has 0 atom stereocenters. The monoisotopic (exact) mass is 391 g/mol. The second kappa shape index (κ2) is 8.43. The van der Waals surface area contributed by atoms with Gasteiger partial charge in [-0.2, -0.15) is 4.98 Å². The molecule has 0 spiro atoms. The molecule has 0 aliphatic rings. The highest BCUT2D eigenvalue weighted by Gasteiger charge is 2.15. The first-order valence-corrected chi connectivity index (χ1v) is 9.49. The highest BCUT2D eigenvalue weighted by atomic mass is 19.1. The van der Waals surface area contributed by atoms with Crippen molar-refractivity contribution < 1.29 is 13.7 Å². The quantitative estimate of drug-likeness (QED) is 0.678. The minimum Gasteiger partial charge on any atom is -0.339 e. The summed E-state index contributed by atoms with van der Waals surface area (Å²) in [7, 11) is 1.72. The van der Waals surface area contributed by atoms with Crippen LogP contribution in [-0.4, -0.2) is 23.9 Å². The van der Waals surface area contributed by atoms with Gasteiger partial charge in [-0.25, -0.2) is 4.39 Å². The van der Waals surface area contributed by atoms with Gasteiger partial charge in [-0.1, -0.05) is 48.7 Å². The van der Waals surface area contributed by atoms with Gasteiger partial charge in [0.25, 0.3) is 5.91 Å². The maximum atomic E-state index is 14.0. The summed E-state index contributed by atoms with van der Waals surface area (Å²) in [4.78, 5) is 17.1. The number of carbonyl (C=O) groups is 1. The number of carbonyl (C=O) groups excluding carboxylic acids is 1. The fourth-order valence-electron chi connectivity index (χ4n) is 2.96. The predicted octanol–water partition coefficient (Wildman–Crippen LogP) is 3.36. The third-order valence-corrected chi connectivity index (χ3v) is 4.67. The van der Waals surface area contributed by atoms with Gasteiger partial charge in [-0.3, -0.25) is 4.79 Å². The standard InChI is InChI=1S/C22H23BFN3O2/c1-5-19(16-11-18(24)17(23)10-13(16)4)25-21(28)15-8-6-14(7-9-15)20-26-22(12(2)3)29-27-20/h5-12H,23H2,1-4H3,(H,25,28)/b19-5+. The molecule has 148 valence electrons. The van der Waals surface area contributed by atoms with Crippen molar-refractivity contribution in [1.29, 1.82) is 0 Å². The molecule has 1 N–H and O–H groups in total. The highest BCUT2D eigenvalue weighted by Crippen LogP contribution is 2.21. The van der Waals surface area contributed by atoms with E-state index in [2.05, 4.69) is 15.5 Å². The fraction of sp³-hybridized carbons (Fsp3) is 0.227. The number of hydrogen-bond donors (Lipinski definition) is 1. The molecule has 1 heterocycles. The summed E-state index contributed by atoms with van der Waals surface area (Å²) in [6, 6.07) is 10.2. The van der Waals surface area contributed by atoms with E-state index in [9.17, 15) is 9.18 Å². The molecule has 0 unspecified atom stereocenters. The molecule has 3 rings (SSSR count). The molecular weight excluding hydrogens is 368 g/mol. The largest absolute Gasteiger partial charge is 0.339 e. The van der Waals surface area contributed by atoms with Crippen molar-refractivity contribution in [3.05, 3.63) is 70.9 Å². The van der Waals surface area contributed by atoms with Crippen LogP contribution >= 0.6 is 0 Å². The van der Waals surface area contributed by atoms with Gasteiger partial charge in [0.15, 0.2) is 0 Å². The maximum absolute atomic E-state index is 14.0. The number of allylic oxidation sites excluding steroid dienone is 1. The van der Waals surface area contributed by atoms with Crippen LogP contribution in [0.1, 0.15) is 54.1 Å². The molecule has 0 saturated carbocycles. The number of aryl methyl sites for hydroxylation is 1. The zero-order valence-electron chi connectivity index (χ0n) is 17.2. The molecule has 0 bridgehead atoms. The Morgan fingerprint density at radius 3 is 2.52 bits per heavy atom. The summed E-state index contributed by atoms with van der Waals surface area (Å²) < 4.78 is 19.2. The Kier molecular flexibility index (Phi) is 5.96. The van der Waals surface area contributed by atoms with Gasteiger partial charge in [0.1, 0.15) is 13.7 Å². The van der Waals surface area contributed by atoms with Crippen LogP contribution in [0, 0.1) is 12.7 Å². The lowest BCUT2D eigenvalue weighted by molar-refractivity contribution is 0.0973. The number of hydrogen-bond acceptors (Lipinski definition) is 4. The number of aromatic nitrogens is 2. The van der Waals surface area contributed by atoms with Crippen molar-refractivity contribution >= 4 is 24.9 Å². The molecule has 0 saturated heterocycles. The van der Waals surface area contributed by atoms with Gasteiger partial charge in [-0.15, -0.1) is 0 Å². The second-order valence-electron chi connectivity index (χ2n) is 7.26. The number of nitrogens with one attached hydrogen (secondary N) is 1. The third-order valence-electron chi connectivity index (χ3n) is 4.67. The van der Waals surface area contributed by atoms with Crippen molar-refractivity contribution in [2.24, 2.45) is 0 Å². The molecule has 29 heavy (non-hydrogen) atoms. The summed E-state index contributed by atoms with van der Waals surface area (Å²) in [5, 5.41) is 6.85. The van der Waals surface area contributed by atoms with Crippen LogP contribution in [0.25, 0.3) is 17.1 Å². The first-order chi connectivity index (χ1) is 13.8. The minimum atomic E-state index is -0.301. The second-order valence-corrected chi connectivity index (χ2v) is 7.26. The van der Waals surface area contributed by atoms with Crippen molar-refractivity contribution in [3.63, 3.8) is 0 Å². The molecule has 0 radical (unpaired) electrons. The SMILES string of the molecule is Bc1cc(C)c(/C(=C\C)NC(=O)c2ccc(-c3noc(C(C)C)n3)cc2)cc1F. The number of rotatable bonds is 5. The molecule has 5 nitrogen and oxygen atoms in total. The van der Waals surface area contributed by atoms with Gasteiger partial charge < -0.3 is 9.84 Å². The summed E-state index contributed by atoms with van der Waals surface area (Å²) in [6.45, 7) is 7.65. The minimum absolute atomic E-state index is 0.149. The van der Waals surface area contributed by atoms with Gasteiger partial charge in [-0.05, 0) is 37.6 Å². The van der Waals surface area contributed by atoms with E-state index >= 15 is 0 Å². The van der Waals surface area contributed by atoms with Gasteiger partial charge in [0.2, 0.25) is 11.7 Å². The molecule has 3 aromatic rings. The number of halogens is 1. The Labute approximate surface area is 170 Å². The van der Waals surface area contributed by atoms with Gasteiger partial charge in [0, 0.05) is 28.3 Å². The first kappa shape index (κ1) is 20.5. The predicted molar refractivity (Wildman–Crippen MR) is 114 cm³/mol. The van der Waals surface area contributed by atoms with E-state index in [1.54, 1.807) is 51.2 Å². The van der Waals surface area contributed by atoms with Crippen molar-refractivity contribution in [2.75, 3.05) is 0 Å². The molecule has 0 aliphatic heterocycles. The molecule has 2 aromatic carbocycles. The summed E-state index contributed by atoms with van der Waals surface area (Å²) in [5.41, 5.74) is 3.94. The average Bonchev–Trinajstić information content (AvgIpc) is 3.20. The average molecular weight is 391 g/mol. The Bertz CT molecular complexity index is 1070. The zero-order valence-corrected chi connectivity index (χ0v) is 17.2. The van der Waals surface area contributed by atoms with Crippen LogP contribution in [0.15, 0.2) is 47.0 Å². The van der Waals surface area contributed by atoms with Crippen LogP contribution in [0.5, 0.6) is 0 Å². The van der Waals surface area contributed by atoms with Crippen LogP contribution < -0.4 is 10.8 Å². The Morgan fingerprint density at radius 1 is 1.24 bits per heavy atom. The van der Waals surface area contributed by atoms with E-state index in [0.717, 1.165) is 11.1 Å². The van der Waals surface area contributed by atoms with Crippen LogP contribution in [0.2, 0.25) is 0 Å². The molecule has 0 fully saturated rings. The number of benzene rings is 2. The molecule has 1 amide bonds. The lowest BCUT2D eigenvalue weighted by Gasteiger charge is -2.14. The van der Waals surface area contributed by atoms with E-state index in [1.807, 2.05) is 20.8 Å². The normalized spacial score (nSPS) is 11.7. The Morgan fingerprint density at radius 2 is 1.93 bits per heavy atom. The smallest absolute Gasteiger partial charge is 0.255 e. The van der Waals surface area contributed by atoms with Gasteiger partial charge in [0.05, 0.1) is 0 Å². The number of nitrogens with zero attached hydrogens (tertiary/aromatic N) is 2. The topological polar surface area (TPSA) is 68.0 Å². The molecule has 1 aromatic heterocycles. The molecule has 7 heteroatoms. The summed E-state index contributed by atoms with van der Waals surface area (Å²) in [5.74, 6) is 0.627. The van der Waals surface area contributed by atoms with Crippen molar-refractivity contribution in [1.82, 2.24) is 15.5 Å². The van der Waals surface area contributed by atoms with E-state index in [1.165, 1.54) is 6.07 Å². The van der Waals surface area contributed by atoms with Crippen molar-refractivity contribution in [2.45, 2.75) is 33.6 Å². The lowest BCUT2D eigenvalue weighted by atomic mass is 9.90. The van der Waals surface area contributed by atoms with Crippen LogP contribution in [0.3, 0.4) is 0 Å². The van der Waals surface area contributed by atoms with Crippen LogP contribution in [-0.2, 0) is 0 Å². The van der Waals surface area contributed by atoms with Gasteiger partial charge >= 0.3 is 0 Å². The Balaban J connectivity index is 1.78. The number of amides is 1. The summed E-state index contributed by atoms with van der Waals surface area (Å²) >= 11 is 0. The van der Waals surface area contributed by atoms with E-state index in [0.29, 0.717) is 34.0 Å². The van der Waals surface area contributed by atoms with E-state index in [-0.39, 0.29) is 17.6 Å². The van der Waals surface area contributed by atoms with E-state index < -0.39 is 0 Å². The fourth-order valence-corrected chi connectivity index (χ4v) is 2.96. The lowest BCUT2D eigenvalue weighted by Crippen LogP contribution is -2.23.